The van der Waals surface area contributed by atoms with Crippen LogP contribution in [-0.2, 0) is 0 Å². The van der Waals surface area contributed by atoms with E-state index >= 15 is 0 Å². The van der Waals surface area contributed by atoms with Gasteiger partial charge in [-0.1, -0.05) is 62.2 Å². The maximum atomic E-state index is 3.52. The Hall–Kier alpha value is -1.16. The van der Waals surface area contributed by atoms with Gasteiger partial charge in [-0.05, 0) is 59.3 Å². The lowest BCUT2D eigenvalue weighted by atomic mass is 9.96. The lowest BCUT2D eigenvalue weighted by Gasteiger charge is -2.18. The van der Waals surface area contributed by atoms with Crippen LogP contribution < -0.4 is 5.32 Å². The van der Waals surface area contributed by atoms with Gasteiger partial charge < -0.3 is 5.32 Å². The lowest BCUT2D eigenvalue weighted by molar-refractivity contribution is 0.692. The topological polar surface area (TPSA) is 12.0 Å². The first-order chi connectivity index (χ1) is 10.2. The van der Waals surface area contributed by atoms with Gasteiger partial charge in [0.2, 0.25) is 0 Å². The summed E-state index contributed by atoms with van der Waals surface area (Å²) in [5.74, 6) is 0. The highest BCUT2D eigenvalue weighted by Gasteiger charge is 2.12. The Morgan fingerprint density at radius 3 is 2.00 bits per heavy atom. The minimum atomic E-state index is 0.200. The van der Waals surface area contributed by atoms with Crippen molar-refractivity contribution in [1.29, 1.82) is 0 Å². The SMILES string of the molecule is CNC(c1ccc(Br)cc1)c1ccc2cc(Br)ccc2c1. The van der Waals surface area contributed by atoms with Crippen LogP contribution in [-0.4, -0.2) is 7.05 Å². The van der Waals surface area contributed by atoms with Crippen molar-refractivity contribution < 1.29 is 0 Å². The Balaban J connectivity index is 2.04. The molecular weight excluding hydrogens is 390 g/mol. The Labute approximate surface area is 141 Å². The van der Waals surface area contributed by atoms with E-state index in [1.165, 1.54) is 21.9 Å². The van der Waals surface area contributed by atoms with Gasteiger partial charge in [-0.2, -0.15) is 0 Å². The summed E-state index contributed by atoms with van der Waals surface area (Å²) in [6.07, 6.45) is 0. The van der Waals surface area contributed by atoms with Crippen molar-refractivity contribution in [3.05, 3.63) is 80.7 Å². The summed E-state index contributed by atoms with van der Waals surface area (Å²) in [5.41, 5.74) is 2.53. The van der Waals surface area contributed by atoms with Crippen LogP contribution in [0.5, 0.6) is 0 Å². The molecule has 0 aliphatic rings. The molecule has 3 aromatic rings. The van der Waals surface area contributed by atoms with Crippen molar-refractivity contribution in [2.75, 3.05) is 7.05 Å². The normalized spacial score (nSPS) is 12.5. The van der Waals surface area contributed by atoms with E-state index in [0.29, 0.717) is 0 Å². The molecule has 0 radical (unpaired) electrons. The predicted molar refractivity (Wildman–Crippen MR) is 96.7 cm³/mol. The number of hydrogen-bond acceptors (Lipinski definition) is 1. The van der Waals surface area contributed by atoms with E-state index in [2.05, 4.69) is 97.8 Å². The third kappa shape index (κ3) is 3.20. The zero-order valence-corrected chi connectivity index (χ0v) is 14.8. The van der Waals surface area contributed by atoms with Crippen molar-refractivity contribution in [1.82, 2.24) is 5.32 Å². The molecule has 0 aliphatic carbocycles. The second-order valence-electron chi connectivity index (χ2n) is 5.02. The number of nitrogens with one attached hydrogen (secondary N) is 1. The molecule has 106 valence electrons. The van der Waals surface area contributed by atoms with E-state index in [-0.39, 0.29) is 6.04 Å². The first-order valence-corrected chi connectivity index (χ1v) is 8.38. The van der Waals surface area contributed by atoms with E-state index in [1.807, 2.05) is 7.05 Å². The van der Waals surface area contributed by atoms with Crippen LogP contribution in [0.15, 0.2) is 69.6 Å². The van der Waals surface area contributed by atoms with Gasteiger partial charge in [-0.25, -0.2) is 0 Å². The van der Waals surface area contributed by atoms with Crippen molar-refractivity contribution >= 4 is 42.6 Å². The zero-order valence-electron chi connectivity index (χ0n) is 11.6. The minimum Gasteiger partial charge on any atom is -0.309 e. The molecule has 0 amide bonds. The monoisotopic (exact) mass is 403 g/mol. The molecule has 0 aromatic heterocycles. The fraction of sp³-hybridized carbons (Fsp3) is 0.111. The summed E-state index contributed by atoms with van der Waals surface area (Å²) in [6, 6.07) is 21.7. The van der Waals surface area contributed by atoms with E-state index in [1.54, 1.807) is 0 Å². The van der Waals surface area contributed by atoms with Crippen molar-refractivity contribution in [3.63, 3.8) is 0 Å². The second-order valence-corrected chi connectivity index (χ2v) is 6.86. The first kappa shape index (κ1) is 14.8. The van der Waals surface area contributed by atoms with Crippen LogP contribution in [0.3, 0.4) is 0 Å². The summed E-state index contributed by atoms with van der Waals surface area (Å²) in [6.45, 7) is 0. The van der Waals surface area contributed by atoms with Crippen LogP contribution in [0.1, 0.15) is 17.2 Å². The van der Waals surface area contributed by atoms with Crippen LogP contribution >= 0.6 is 31.9 Å². The molecule has 0 fully saturated rings. The second kappa shape index (κ2) is 6.30. The fourth-order valence-corrected chi connectivity index (χ4v) is 3.24. The number of rotatable bonds is 3. The summed E-state index contributed by atoms with van der Waals surface area (Å²) in [4.78, 5) is 0. The summed E-state index contributed by atoms with van der Waals surface area (Å²) in [5, 5.41) is 5.91. The third-order valence-corrected chi connectivity index (χ3v) is 4.67. The minimum absolute atomic E-state index is 0.200. The molecule has 1 atom stereocenters. The maximum Gasteiger partial charge on any atom is 0.0574 e. The molecule has 0 aliphatic heterocycles. The van der Waals surface area contributed by atoms with Crippen LogP contribution in [0.4, 0.5) is 0 Å². The van der Waals surface area contributed by atoms with Gasteiger partial charge in [0.15, 0.2) is 0 Å². The molecule has 3 rings (SSSR count). The molecule has 0 spiro atoms. The molecule has 1 N–H and O–H groups in total. The highest BCUT2D eigenvalue weighted by Crippen LogP contribution is 2.27. The molecule has 1 unspecified atom stereocenters. The van der Waals surface area contributed by atoms with Crippen LogP contribution in [0.2, 0.25) is 0 Å². The van der Waals surface area contributed by atoms with Crippen molar-refractivity contribution in [3.8, 4) is 0 Å². The Kier molecular flexibility index (Phi) is 4.43. The Morgan fingerprint density at radius 2 is 1.29 bits per heavy atom. The Morgan fingerprint density at radius 1 is 0.714 bits per heavy atom. The number of halogens is 2. The van der Waals surface area contributed by atoms with Gasteiger partial charge >= 0.3 is 0 Å². The number of benzene rings is 3. The average molecular weight is 405 g/mol. The Bertz CT molecular complexity index is 766. The summed E-state index contributed by atoms with van der Waals surface area (Å²) >= 11 is 7.01. The molecule has 1 nitrogen and oxygen atoms in total. The van der Waals surface area contributed by atoms with E-state index in [4.69, 9.17) is 0 Å². The van der Waals surface area contributed by atoms with Gasteiger partial charge in [-0.15, -0.1) is 0 Å². The molecule has 0 saturated carbocycles. The van der Waals surface area contributed by atoms with E-state index in [9.17, 15) is 0 Å². The quantitative estimate of drug-likeness (QED) is 0.592. The number of hydrogen-bond donors (Lipinski definition) is 1. The number of fused-ring (bicyclic) bond motifs is 1. The predicted octanol–water partition coefficient (Wildman–Crippen LogP) is 5.67. The van der Waals surface area contributed by atoms with Gasteiger partial charge in [-0.3, -0.25) is 0 Å². The summed E-state index contributed by atoms with van der Waals surface area (Å²) < 4.78 is 2.21. The average Bonchev–Trinajstić information content (AvgIpc) is 2.50. The molecular formula is C18H15Br2N. The molecule has 0 saturated heterocycles. The van der Waals surface area contributed by atoms with Crippen molar-refractivity contribution in [2.24, 2.45) is 0 Å². The van der Waals surface area contributed by atoms with Gasteiger partial charge in [0.05, 0.1) is 6.04 Å². The van der Waals surface area contributed by atoms with Gasteiger partial charge in [0.1, 0.15) is 0 Å². The molecule has 3 aromatic carbocycles. The van der Waals surface area contributed by atoms with E-state index < -0.39 is 0 Å². The third-order valence-electron chi connectivity index (χ3n) is 3.65. The standard InChI is InChI=1S/C18H15Br2N/c1-21-18(12-4-7-16(19)8-5-12)15-3-2-14-11-17(20)9-6-13(14)10-15/h2-11,18,21H,1H3. The van der Waals surface area contributed by atoms with Crippen LogP contribution in [0.25, 0.3) is 10.8 Å². The molecule has 3 heteroatoms. The largest absolute Gasteiger partial charge is 0.309 e. The maximum absolute atomic E-state index is 3.52. The highest BCUT2D eigenvalue weighted by atomic mass is 79.9. The van der Waals surface area contributed by atoms with Gasteiger partial charge in [0.25, 0.3) is 0 Å². The highest BCUT2D eigenvalue weighted by molar-refractivity contribution is 9.10. The van der Waals surface area contributed by atoms with Crippen LogP contribution in [0, 0.1) is 0 Å². The molecule has 0 heterocycles. The summed E-state index contributed by atoms with van der Waals surface area (Å²) in [7, 11) is 2.00. The zero-order chi connectivity index (χ0) is 14.8. The molecule has 21 heavy (non-hydrogen) atoms. The first-order valence-electron chi connectivity index (χ1n) is 6.79. The van der Waals surface area contributed by atoms with Gasteiger partial charge in [0, 0.05) is 8.95 Å². The van der Waals surface area contributed by atoms with Crippen molar-refractivity contribution in [2.45, 2.75) is 6.04 Å². The lowest BCUT2D eigenvalue weighted by Crippen LogP contribution is -2.17. The fourth-order valence-electron chi connectivity index (χ4n) is 2.60. The molecule has 0 bridgehead atoms. The smallest absolute Gasteiger partial charge is 0.0574 e. The van der Waals surface area contributed by atoms with E-state index in [0.717, 1.165) is 8.95 Å².